The van der Waals surface area contributed by atoms with Crippen LogP contribution in [0.3, 0.4) is 0 Å². The smallest absolute Gasteiger partial charge is 0.293 e. The second-order valence-corrected chi connectivity index (χ2v) is 9.99. The third-order valence-corrected chi connectivity index (χ3v) is 6.89. The van der Waals surface area contributed by atoms with Crippen LogP contribution in [-0.4, -0.2) is 66.0 Å². The number of nitrogens with one attached hydrogen (secondary N) is 2. The molecule has 0 aliphatic carbocycles. The molecule has 0 spiro atoms. The highest BCUT2D eigenvalue weighted by Gasteiger charge is 2.25. The predicted molar refractivity (Wildman–Crippen MR) is 148 cm³/mol. The van der Waals surface area contributed by atoms with E-state index in [0.29, 0.717) is 24.5 Å². The molecule has 0 atom stereocenters. The van der Waals surface area contributed by atoms with Crippen molar-refractivity contribution in [3.8, 4) is 0 Å². The molecule has 196 valence electrons. The van der Waals surface area contributed by atoms with Gasteiger partial charge in [-0.05, 0) is 61.5 Å². The van der Waals surface area contributed by atoms with Gasteiger partial charge in [0.2, 0.25) is 5.91 Å². The Balaban J connectivity index is 1.32. The van der Waals surface area contributed by atoms with Crippen molar-refractivity contribution in [3.05, 3.63) is 58.1 Å². The summed E-state index contributed by atoms with van der Waals surface area (Å²) in [5.74, 6) is -0.323. The van der Waals surface area contributed by atoms with E-state index in [2.05, 4.69) is 15.5 Å². The molecule has 0 aromatic heterocycles. The van der Waals surface area contributed by atoms with Crippen LogP contribution in [0.2, 0.25) is 0 Å². The minimum atomic E-state index is -0.515. The molecule has 2 fully saturated rings. The Morgan fingerprint density at radius 3 is 2.19 bits per heavy atom. The quantitative estimate of drug-likeness (QED) is 0.335. The summed E-state index contributed by atoms with van der Waals surface area (Å²) in [5.41, 5.74) is 2.37. The number of benzene rings is 2. The Labute approximate surface area is 221 Å². The van der Waals surface area contributed by atoms with Crippen molar-refractivity contribution in [2.24, 2.45) is 5.92 Å². The molecule has 0 saturated carbocycles. The predicted octanol–water partition coefficient (Wildman–Crippen LogP) is 3.63. The highest BCUT2D eigenvalue weighted by atomic mass is 32.1. The summed E-state index contributed by atoms with van der Waals surface area (Å²) >= 11 is 5.29. The fourth-order valence-electron chi connectivity index (χ4n) is 4.68. The molecule has 2 saturated heterocycles. The second-order valence-electron chi connectivity index (χ2n) is 9.58. The third kappa shape index (κ3) is 6.34. The van der Waals surface area contributed by atoms with Crippen molar-refractivity contribution < 1.29 is 14.5 Å². The molecular weight excluding hydrogens is 492 g/mol. The van der Waals surface area contributed by atoms with Crippen LogP contribution in [0.25, 0.3) is 0 Å². The number of nitrogens with zero attached hydrogens (tertiary/aromatic N) is 4. The lowest BCUT2D eigenvalue weighted by Gasteiger charge is -2.37. The molecule has 11 heteroatoms. The van der Waals surface area contributed by atoms with Gasteiger partial charge in [-0.25, -0.2) is 0 Å². The van der Waals surface area contributed by atoms with E-state index in [4.69, 9.17) is 12.2 Å². The zero-order valence-electron chi connectivity index (χ0n) is 21.1. The van der Waals surface area contributed by atoms with Crippen LogP contribution in [-0.2, 0) is 4.79 Å². The number of nitro groups is 1. The van der Waals surface area contributed by atoms with E-state index in [1.807, 2.05) is 47.9 Å². The van der Waals surface area contributed by atoms with E-state index in [0.717, 1.165) is 44.7 Å². The van der Waals surface area contributed by atoms with Gasteiger partial charge in [0, 0.05) is 68.2 Å². The maximum absolute atomic E-state index is 12.7. The van der Waals surface area contributed by atoms with Crippen LogP contribution in [0.15, 0.2) is 42.5 Å². The standard InChI is InChI=1S/C26H32N6O4S/c1-18(2)25(34)31-15-13-29(14-16-31)21-8-6-20(7-9-21)27-26(37)28-24(33)19-5-10-22(23(17-19)32(35)36)30-11-3-4-12-30/h5-10,17-18H,3-4,11-16H2,1-2H3,(H2,27,28,33,37). The number of carbonyl (C=O) groups is 2. The largest absolute Gasteiger partial charge is 0.368 e. The number of thiocarbonyl (C=S) groups is 1. The van der Waals surface area contributed by atoms with E-state index in [1.165, 1.54) is 6.07 Å². The van der Waals surface area contributed by atoms with Crippen LogP contribution < -0.4 is 20.4 Å². The van der Waals surface area contributed by atoms with Crippen LogP contribution in [0.5, 0.6) is 0 Å². The Morgan fingerprint density at radius 2 is 1.59 bits per heavy atom. The van der Waals surface area contributed by atoms with Crippen molar-refractivity contribution in [1.82, 2.24) is 10.2 Å². The number of nitro benzene ring substituents is 1. The molecule has 10 nitrogen and oxygen atoms in total. The Hall–Kier alpha value is -3.73. The maximum atomic E-state index is 12.7. The molecule has 2 N–H and O–H groups in total. The fraction of sp³-hybridized carbons (Fsp3) is 0.423. The van der Waals surface area contributed by atoms with Crippen LogP contribution >= 0.6 is 12.2 Å². The number of amides is 2. The van der Waals surface area contributed by atoms with Crippen molar-refractivity contribution >= 4 is 51.9 Å². The van der Waals surface area contributed by atoms with Gasteiger partial charge in [0.15, 0.2) is 5.11 Å². The van der Waals surface area contributed by atoms with E-state index < -0.39 is 10.8 Å². The van der Waals surface area contributed by atoms with Gasteiger partial charge in [-0.15, -0.1) is 0 Å². The molecule has 37 heavy (non-hydrogen) atoms. The molecule has 2 aromatic carbocycles. The molecular formula is C26H32N6O4S. The van der Waals surface area contributed by atoms with Crippen LogP contribution in [0, 0.1) is 16.0 Å². The fourth-order valence-corrected chi connectivity index (χ4v) is 4.89. The lowest BCUT2D eigenvalue weighted by Crippen LogP contribution is -2.49. The van der Waals surface area contributed by atoms with Gasteiger partial charge in [0.1, 0.15) is 5.69 Å². The molecule has 0 unspecified atom stereocenters. The normalized spacial score (nSPS) is 15.6. The Morgan fingerprint density at radius 1 is 0.946 bits per heavy atom. The van der Waals surface area contributed by atoms with Gasteiger partial charge in [-0.2, -0.15) is 0 Å². The summed E-state index contributed by atoms with van der Waals surface area (Å²) in [7, 11) is 0. The minimum Gasteiger partial charge on any atom is -0.368 e. The number of hydrogen-bond donors (Lipinski definition) is 2. The van der Waals surface area contributed by atoms with Crippen molar-refractivity contribution in [3.63, 3.8) is 0 Å². The van der Waals surface area contributed by atoms with Crippen LogP contribution in [0.1, 0.15) is 37.0 Å². The van der Waals surface area contributed by atoms with Gasteiger partial charge in [-0.1, -0.05) is 13.8 Å². The molecule has 2 aliphatic heterocycles. The third-order valence-electron chi connectivity index (χ3n) is 6.68. The average molecular weight is 525 g/mol. The molecule has 2 aromatic rings. The summed E-state index contributed by atoms with van der Waals surface area (Å²) in [6.07, 6.45) is 1.99. The summed E-state index contributed by atoms with van der Waals surface area (Å²) in [5, 5.41) is 17.3. The molecule has 2 aliphatic rings. The van der Waals surface area contributed by atoms with Crippen molar-refractivity contribution in [2.75, 3.05) is 54.4 Å². The van der Waals surface area contributed by atoms with Crippen molar-refractivity contribution in [1.29, 1.82) is 0 Å². The second kappa shape index (κ2) is 11.5. The van der Waals surface area contributed by atoms with E-state index >= 15 is 0 Å². The summed E-state index contributed by atoms with van der Waals surface area (Å²) < 4.78 is 0. The molecule has 4 rings (SSSR count). The monoisotopic (exact) mass is 524 g/mol. The van der Waals surface area contributed by atoms with E-state index in [9.17, 15) is 19.7 Å². The van der Waals surface area contributed by atoms with Gasteiger partial charge in [0.25, 0.3) is 11.6 Å². The Bertz CT molecular complexity index is 1170. The van der Waals surface area contributed by atoms with E-state index in [1.54, 1.807) is 12.1 Å². The number of hydrogen-bond acceptors (Lipinski definition) is 7. The first kappa shape index (κ1) is 26.3. The van der Waals surface area contributed by atoms with Crippen molar-refractivity contribution in [2.45, 2.75) is 26.7 Å². The van der Waals surface area contributed by atoms with Gasteiger partial charge < -0.3 is 20.0 Å². The highest BCUT2D eigenvalue weighted by molar-refractivity contribution is 7.80. The first-order chi connectivity index (χ1) is 17.7. The summed E-state index contributed by atoms with van der Waals surface area (Å²) in [6, 6.07) is 12.2. The number of piperazine rings is 1. The highest BCUT2D eigenvalue weighted by Crippen LogP contribution is 2.31. The van der Waals surface area contributed by atoms with Gasteiger partial charge in [-0.3, -0.25) is 25.0 Å². The topological polar surface area (TPSA) is 111 Å². The zero-order chi connectivity index (χ0) is 26.5. The van der Waals surface area contributed by atoms with Gasteiger partial charge in [0.05, 0.1) is 4.92 Å². The number of carbonyl (C=O) groups excluding carboxylic acids is 2. The van der Waals surface area contributed by atoms with Gasteiger partial charge >= 0.3 is 0 Å². The lowest BCUT2D eigenvalue weighted by atomic mass is 10.1. The first-order valence-electron chi connectivity index (χ1n) is 12.5. The molecule has 0 bridgehead atoms. The summed E-state index contributed by atoms with van der Waals surface area (Å²) in [4.78, 5) is 42.2. The Kier molecular flexibility index (Phi) is 8.22. The van der Waals surface area contributed by atoms with E-state index in [-0.39, 0.29) is 28.2 Å². The first-order valence-corrected chi connectivity index (χ1v) is 12.9. The number of rotatable bonds is 6. The SMILES string of the molecule is CC(C)C(=O)N1CCN(c2ccc(NC(=S)NC(=O)c3ccc(N4CCCC4)c([N+](=O)[O-])c3)cc2)CC1. The summed E-state index contributed by atoms with van der Waals surface area (Å²) in [6.45, 7) is 8.31. The maximum Gasteiger partial charge on any atom is 0.293 e. The minimum absolute atomic E-state index is 0.00523. The van der Waals surface area contributed by atoms with Crippen LogP contribution in [0.4, 0.5) is 22.7 Å². The molecule has 2 heterocycles. The zero-order valence-corrected chi connectivity index (χ0v) is 21.9. The number of anilines is 3. The average Bonchev–Trinajstić information content (AvgIpc) is 3.43. The lowest BCUT2D eigenvalue weighted by molar-refractivity contribution is -0.384. The molecule has 2 amide bonds. The molecule has 0 radical (unpaired) electrons.